The molecular formula is C24H22BN2O+. The number of hydrogen-bond acceptors (Lipinski definition) is 2. The molecule has 0 fully saturated rings. The lowest BCUT2D eigenvalue weighted by atomic mass is 9.55. The highest BCUT2D eigenvalue weighted by Gasteiger charge is 2.31. The van der Waals surface area contributed by atoms with Gasteiger partial charge in [0.2, 0.25) is 0 Å². The van der Waals surface area contributed by atoms with Gasteiger partial charge in [-0.15, -0.1) is 0 Å². The van der Waals surface area contributed by atoms with Crippen LogP contribution in [0, 0.1) is 6.85 Å². The summed E-state index contributed by atoms with van der Waals surface area (Å²) in [5.74, 6) is 2.19. The SMILES string of the molecule is [2H]C([2H])([2H])c1c[n+](C)c(B2C=c3c(oc4ccccc34)=CN2C)cc1-c1ccccc1. The van der Waals surface area contributed by atoms with E-state index in [1.807, 2.05) is 79.5 Å². The Labute approximate surface area is 169 Å². The van der Waals surface area contributed by atoms with Gasteiger partial charge in [-0.25, -0.2) is 4.57 Å². The van der Waals surface area contributed by atoms with E-state index in [4.69, 9.17) is 8.53 Å². The van der Waals surface area contributed by atoms with Gasteiger partial charge in [-0.2, -0.15) is 0 Å². The molecule has 0 bridgehead atoms. The Morgan fingerprint density at radius 3 is 2.68 bits per heavy atom. The summed E-state index contributed by atoms with van der Waals surface area (Å²) in [5, 5.41) is 2.15. The molecule has 1 aliphatic heterocycles. The van der Waals surface area contributed by atoms with Crippen molar-refractivity contribution in [1.29, 1.82) is 0 Å². The number of aromatic nitrogens is 1. The minimum absolute atomic E-state index is 0.0633. The van der Waals surface area contributed by atoms with E-state index in [-0.39, 0.29) is 6.85 Å². The van der Waals surface area contributed by atoms with Crippen molar-refractivity contribution in [1.82, 2.24) is 4.81 Å². The molecule has 0 N–H and O–H groups in total. The van der Waals surface area contributed by atoms with E-state index >= 15 is 0 Å². The van der Waals surface area contributed by atoms with E-state index in [9.17, 15) is 0 Å². The Morgan fingerprint density at radius 2 is 1.86 bits per heavy atom. The Balaban J connectivity index is 1.74. The molecule has 3 heterocycles. The molecule has 1 aliphatic rings. The molecule has 28 heavy (non-hydrogen) atoms. The number of pyridine rings is 1. The van der Waals surface area contributed by atoms with Gasteiger partial charge in [0.1, 0.15) is 18.0 Å². The Bertz CT molecular complexity index is 1410. The fourth-order valence-electron chi connectivity index (χ4n) is 4.00. The summed E-state index contributed by atoms with van der Waals surface area (Å²) in [5.41, 5.74) is 4.68. The first-order chi connectivity index (χ1) is 14.8. The predicted molar refractivity (Wildman–Crippen MR) is 115 cm³/mol. The molecule has 0 amide bonds. The van der Waals surface area contributed by atoms with Gasteiger partial charge in [-0.1, -0.05) is 54.5 Å². The van der Waals surface area contributed by atoms with Crippen molar-refractivity contribution in [2.75, 3.05) is 7.05 Å². The standard InChI is InChI=1S/C24H22BN2O/c1-17-15-26(2)24(13-20(17)18-9-5-4-6-10-18)25-14-21-19-11-7-8-12-22(19)28-23(21)16-27(25)3/h4-16H,1-3H3/q+1/i1D3. The minimum atomic E-state index is -2.20. The van der Waals surface area contributed by atoms with E-state index < -0.39 is 6.85 Å². The molecule has 3 nitrogen and oxygen atoms in total. The van der Waals surface area contributed by atoms with E-state index in [0.717, 1.165) is 38.3 Å². The van der Waals surface area contributed by atoms with Gasteiger partial charge in [-0.05, 0) is 31.1 Å². The summed E-state index contributed by atoms with van der Waals surface area (Å²) >= 11 is 0. The Kier molecular flexibility index (Phi) is 3.17. The Morgan fingerprint density at radius 1 is 1.07 bits per heavy atom. The van der Waals surface area contributed by atoms with Crippen LogP contribution >= 0.6 is 0 Å². The van der Waals surface area contributed by atoms with Crippen molar-refractivity contribution < 1.29 is 13.1 Å². The van der Waals surface area contributed by atoms with Crippen LogP contribution in [0.3, 0.4) is 0 Å². The van der Waals surface area contributed by atoms with Crippen molar-refractivity contribution in [3.05, 3.63) is 83.1 Å². The van der Waals surface area contributed by atoms with E-state index in [1.165, 1.54) is 0 Å². The second kappa shape index (κ2) is 6.41. The predicted octanol–water partition coefficient (Wildman–Crippen LogP) is 2.13. The third kappa shape index (κ3) is 2.64. The zero-order chi connectivity index (χ0) is 21.8. The molecule has 0 aliphatic carbocycles. The number of aryl methyl sites for hydroxylation is 2. The number of nitrogens with zero attached hydrogens (tertiary/aromatic N) is 2. The maximum atomic E-state index is 8.06. The van der Waals surface area contributed by atoms with E-state index in [0.29, 0.717) is 5.56 Å². The van der Waals surface area contributed by atoms with Gasteiger partial charge in [0.05, 0.1) is 0 Å². The molecule has 4 heteroatoms. The van der Waals surface area contributed by atoms with Gasteiger partial charge in [-0.3, -0.25) is 0 Å². The molecular weight excluding hydrogens is 343 g/mol. The smallest absolute Gasteiger partial charge is 0.396 e. The zero-order valence-electron chi connectivity index (χ0n) is 18.9. The fraction of sp³-hybridized carbons (Fsp3) is 0.125. The van der Waals surface area contributed by atoms with Crippen LogP contribution in [-0.2, 0) is 7.05 Å². The second-order valence-electron chi connectivity index (χ2n) is 7.28. The van der Waals surface area contributed by atoms with Gasteiger partial charge < -0.3 is 9.23 Å². The molecule has 2 aromatic carbocycles. The summed E-state index contributed by atoms with van der Waals surface area (Å²) in [7, 11) is 3.92. The number of benzene rings is 2. The molecule has 136 valence electrons. The van der Waals surface area contributed by atoms with Crippen LogP contribution in [0.2, 0.25) is 0 Å². The summed E-state index contributed by atoms with van der Waals surface area (Å²) < 4.78 is 32.1. The van der Waals surface area contributed by atoms with Crippen LogP contribution in [0.1, 0.15) is 9.68 Å². The number of para-hydroxylation sites is 1. The molecule has 0 spiro atoms. The van der Waals surface area contributed by atoms with Crippen LogP contribution < -0.4 is 20.8 Å². The summed E-state index contributed by atoms with van der Waals surface area (Å²) in [4.78, 5) is 2.10. The van der Waals surface area contributed by atoms with Crippen molar-refractivity contribution in [3.63, 3.8) is 0 Å². The first-order valence-corrected chi connectivity index (χ1v) is 9.35. The molecule has 0 radical (unpaired) electrons. The average Bonchev–Trinajstić information content (AvgIpc) is 3.10. The number of rotatable bonds is 2. The van der Waals surface area contributed by atoms with Crippen molar-refractivity contribution in [2.45, 2.75) is 6.85 Å². The van der Waals surface area contributed by atoms with Crippen LogP contribution in [-0.4, -0.2) is 18.7 Å². The number of furan rings is 1. The lowest BCUT2D eigenvalue weighted by Gasteiger charge is -2.21. The third-order valence-corrected chi connectivity index (χ3v) is 5.45. The maximum absolute atomic E-state index is 8.06. The summed E-state index contributed by atoms with van der Waals surface area (Å²) in [6, 6.07) is 19.7. The highest BCUT2D eigenvalue weighted by Crippen LogP contribution is 2.21. The molecule has 0 unspecified atom stereocenters. The lowest BCUT2D eigenvalue weighted by Crippen LogP contribution is -2.61. The third-order valence-electron chi connectivity index (χ3n) is 5.45. The van der Waals surface area contributed by atoms with Crippen molar-refractivity contribution in [3.8, 4) is 11.1 Å². The van der Waals surface area contributed by atoms with Crippen LogP contribution in [0.25, 0.3) is 34.3 Å². The zero-order valence-corrected chi connectivity index (χ0v) is 15.9. The summed E-state index contributed by atoms with van der Waals surface area (Å²) in [6.07, 6.45) is 3.76. The fourth-order valence-corrected chi connectivity index (χ4v) is 4.00. The Hall–Kier alpha value is -3.27. The average molecular weight is 368 g/mol. The molecule has 0 saturated carbocycles. The first kappa shape index (κ1) is 13.8. The molecule has 0 atom stereocenters. The van der Waals surface area contributed by atoms with Crippen LogP contribution in [0.15, 0.2) is 71.3 Å². The minimum Gasteiger partial charge on any atom is -0.455 e. The van der Waals surface area contributed by atoms with Crippen LogP contribution in [0.5, 0.6) is 0 Å². The van der Waals surface area contributed by atoms with Crippen LogP contribution in [0.4, 0.5) is 0 Å². The number of hydrogen-bond donors (Lipinski definition) is 0. The molecule has 5 rings (SSSR count). The second-order valence-corrected chi connectivity index (χ2v) is 7.28. The van der Waals surface area contributed by atoms with Gasteiger partial charge in [0.15, 0.2) is 11.8 Å². The first-order valence-electron chi connectivity index (χ1n) is 10.9. The summed E-state index contributed by atoms with van der Waals surface area (Å²) in [6.45, 7) is -2.27. The largest absolute Gasteiger partial charge is 0.455 e. The topological polar surface area (TPSA) is 20.3 Å². The molecule has 0 saturated heterocycles. The highest BCUT2D eigenvalue weighted by molar-refractivity contribution is 6.82. The maximum Gasteiger partial charge on any atom is 0.396 e. The number of fused-ring (bicyclic) bond motifs is 3. The quantitative estimate of drug-likeness (QED) is 0.399. The van der Waals surface area contributed by atoms with Gasteiger partial charge in [0, 0.05) is 32.5 Å². The van der Waals surface area contributed by atoms with Gasteiger partial charge in [0.25, 0.3) is 0 Å². The van der Waals surface area contributed by atoms with Gasteiger partial charge >= 0.3 is 6.85 Å². The highest BCUT2D eigenvalue weighted by atomic mass is 16.3. The molecule has 2 aromatic heterocycles. The van der Waals surface area contributed by atoms with Crippen molar-refractivity contribution >= 4 is 35.6 Å². The monoisotopic (exact) mass is 368 g/mol. The lowest BCUT2D eigenvalue weighted by molar-refractivity contribution is -0.654. The normalized spacial score (nSPS) is 15.3. The van der Waals surface area contributed by atoms with E-state index in [1.54, 1.807) is 6.20 Å². The van der Waals surface area contributed by atoms with Crippen molar-refractivity contribution in [2.24, 2.45) is 7.05 Å². The molecule has 4 aromatic rings. The van der Waals surface area contributed by atoms with E-state index in [2.05, 4.69) is 16.9 Å².